The van der Waals surface area contributed by atoms with Crippen molar-refractivity contribution in [2.75, 3.05) is 18.6 Å². The highest BCUT2D eigenvalue weighted by atomic mass is 19.0. The third kappa shape index (κ3) is 7.49. The topological polar surface area (TPSA) is 15.3 Å². The van der Waals surface area contributed by atoms with Crippen molar-refractivity contribution in [1.82, 2.24) is 5.43 Å². The normalized spacial score (nSPS) is 10.2. The summed E-state index contributed by atoms with van der Waals surface area (Å²) in [7, 11) is 2.08. The minimum atomic E-state index is 0. The number of rotatable bonds is 10. The Hall–Kier alpha value is -1.09. The predicted octanol–water partition coefficient (Wildman–Crippen LogP) is 4.70. The number of hydrogen-bond donors (Lipinski definition) is 1. The van der Waals surface area contributed by atoms with Crippen LogP contribution in [0, 0.1) is 0 Å². The number of hydrazine groups is 1. The number of aryl methyl sites for hydroxylation is 1. The van der Waals surface area contributed by atoms with E-state index in [0.717, 1.165) is 6.54 Å². The van der Waals surface area contributed by atoms with Crippen LogP contribution in [0.15, 0.2) is 24.3 Å². The van der Waals surface area contributed by atoms with Gasteiger partial charge in [-0.05, 0) is 30.5 Å². The maximum absolute atomic E-state index is 3.31. The molecule has 0 amide bonds. The Morgan fingerprint density at radius 2 is 1.70 bits per heavy atom. The van der Waals surface area contributed by atoms with Gasteiger partial charge in [-0.3, -0.25) is 4.70 Å². The van der Waals surface area contributed by atoms with Crippen LogP contribution in [-0.2, 0) is 6.42 Å². The molecule has 0 saturated carbocycles. The number of benzene rings is 1. The third-order valence-electron chi connectivity index (χ3n) is 3.51. The first-order valence-electron chi connectivity index (χ1n) is 7.84. The van der Waals surface area contributed by atoms with Gasteiger partial charge in [0.1, 0.15) is 0 Å². The van der Waals surface area contributed by atoms with E-state index < -0.39 is 0 Å². The summed E-state index contributed by atoms with van der Waals surface area (Å²) in [6, 6.07) is 8.87. The predicted molar refractivity (Wildman–Crippen MR) is 88.1 cm³/mol. The van der Waals surface area contributed by atoms with Crippen LogP contribution >= 0.6 is 0 Å². The van der Waals surface area contributed by atoms with Crippen molar-refractivity contribution in [2.45, 2.75) is 58.8 Å². The van der Waals surface area contributed by atoms with Crippen molar-refractivity contribution in [3.63, 3.8) is 0 Å². The maximum Gasteiger partial charge on any atom is 0.0519 e. The first-order chi connectivity index (χ1) is 9.27. The summed E-state index contributed by atoms with van der Waals surface area (Å²) in [4.78, 5) is 0. The molecule has 1 aromatic rings. The van der Waals surface area contributed by atoms with Crippen molar-refractivity contribution in [3.05, 3.63) is 29.8 Å². The second-order valence-electron chi connectivity index (χ2n) is 5.26. The summed E-state index contributed by atoms with van der Waals surface area (Å²) in [5.74, 6) is 0. The molecule has 0 fully saturated rings. The van der Waals surface area contributed by atoms with Gasteiger partial charge in [0.05, 0.1) is 5.69 Å². The molecular formula is C17H31FN2. The molecule has 0 aliphatic heterocycles. The quantitative estimate of drug-likeness (QED) is 0.494. The average molecular weight is 282 g/mol. The number of nitrogens with one attached hydrogen (secondary N) is 1. The van der Waals surface area contributed by atoms with E-state index in [1.807, 2.05) is 0 Å². The number of unbranched alkanes of at least 4 members (excludes halogenated alkanes) is 5. The first-order valence-corrected chi connectivity index (χ1v) is 7.84. The zero-order chi connectivity index (χ0) is 13.9. The van der Waals surface area contributed by atoms with Crippen LogP contribution in [0.25, 0.3) is 0 Å². The van der Waals surface area contributed by atoms with Crippen molar-refractivity contribution in [1.29, 1.82) is 0 Å². The summed E-state index contributed by atoms with van der Waals surface area (Å²) < 4.78 is 0. The molecule has 0 bridgehead atoms. The SMILES string of the molecule is CCCCCCCCc1cccc(N(C)NCC)c1.F. The molecule has 1 N–H and O–H groups in total. The van der Waals surface area contributed by atoms with Crippen LogP contribution < -0.4 is 10.4 Å². The molecule has 0 saturated heterocycles. The fourth-order valence-electron chi connectivity index (χ4n) is 2.36. The molecule has 20 heavy (non-hydrogen) atoms. The number of anilines is 1. The van der Waals surface area contributed by atoms with Gasteiger partial charge in [-0.1, -0.05) is 58.1 Å². The van der Waals surface area contributed by atoms with Gasteiger partial charge in [0, 0.05) is 13.6 Å². The fourth-order valence-corrected chi connectivity index (χ4v) is 2.36. The van der Waals surface area contributed by atoms with Crippen molar-refractivity contribution >= 4 is 5.69 Å². The second-order valence-corrected chi connectivity index (χ2v) is 5.26. The van der Waals surface area contributed by atoms with Crippen LogP contribution in [0.3, 0.4) is 0 Å². The zero-order valence-electron chi connectivity index (χ0n) is 13.3. The zero-order valence-corrected chi connectivity index (χ0v) is 13.3. The summed E-state index contributed by atoms with van der Waals surface area (Å²) >= 11 is 0. The average Bonchev–Trinajstić information content (AvgIpc) is 2.43. The Morgan fingerprint density at radius 1 is 1.00 bits per heavy atom. The van der Waals surface area contributed by atoms with Gasteiger partial charge in [0.25, 0.3) is 0 Å². The summed E-state index contributed by atoms with van der Waals surface area (Å²) in [5.41, 5.74) is 6.02. The lowest BCUT2D eigenvalue weighted by Gasteiger charge is -2.20. The van der Waals surface area contributed by atoms with Crippen molar-refractivity contribution in [2.24, 2.45) is 0 Å². The molecule has 1 aromatic carbocycles. The number of nitrogens with zero attached hydrogens (tertiary/aromatic N) is 1. The minimum Gasteiger partial charge on any atom is -0.312 e. The lowest BCUT2D eigenvalue weighted by atomic mass is 10.0. The molecule has 0 spiro atoms. The molecular weight excluding hydrogens is 251 g/mol. The Labute approximate surface area is 123 Å². The molecule has 116 valence electrons. The van der Waals surface area contributed by atoms with Crippen molar-refractivity contribution in [3.8, 4) is 0 Å². The van der Waals surface area contributed by atoms with Gasteiger partial charge in [0.15, 0.2) is 0 Å². The molecule has 0 heterocycles. The lowest BCUT2D eigenvalue weighted by molar-refractivity contribution is 0.607. The van der Waals surface area contributed by atoms with Gasteiger partial charge < -0.3 is 5.01 Å². The number of hydrogen-bond acceptors (Lipinski definition) is 2. The second kappa shape index (κ2) is 11.7. The standard InChI is InChI=1S/C17H30N2.FH/c1-4-6-7-8-9-10-12-16-13-11-14-17(15-16)19(3)18-5-2;/h11,13-15,18H,4-10,12H2,1-3H3;1H. The van der Waals surface area contributed by atoms with E-state index in [1.165, 1.54) is 56.2 Å². The Bertz CT molecular complexity index is 342. The van der Waals surface area contributed by atoms with Gasteiger partial charge in [-0.25, -0.2) is 5.43 Å². The van der Waals surface area contributed by atoms with E-state index in [-0.39, 0.29) is 4.70 Å². The molecule has 0 atom stereocenters. The molecule has 0 aliphatic carbocycles. The lowest BCUT2D eigenvalue weighted by Crippen LogP contribution is -2.33. The molecule has 0 aromatic heterocycles. The highest BCUT2D eigenvalue weighted by Gasteiger charge is 2.00. The summed E-state index contributed by atoms with van der Waals surface area (Å²) in [5, 5.41) is 2.10. The van der Waals surface area contributed by atoms with Crippen LogP contribution in [0.2, 0.25) is 0 Å². The molecule has 2 nitrogen and oxygen atoms in total. The maximum atomic E-state index is 3.31. The Kier molecular flexibility index (Phi) is 11.1. The first kappa shape index (κ1) is 18.9. The van der Waals surface area contributed by atoms with Gasteiger partial charge in [0.2, 0.25) is 0 Å². The summed E-state index contributed by atoms with van der Waals surface area (Å²) in [6.45, 7) is 5.35. The number of halogens is 1. The van der Waals surface area contributed by atoms with E-state index in [0.29, 0.717) is 0 Å². The highest BCUT2D eigenvalue weighted by molar-refractivity contribution is 5.46. The van der Waals surface area contributed by atoms with Crippen LogP contribution in [-0.4, -0.2) is 13.6 Å². The van der Waals surface area contributed by atoms with Crippen LogP contribution in [0.1, 0.15) is 57.9 Å². The van der Waals surface area contributed by atoms with Gasteiger partial charge >= 0.3 is 0 Å². The monoisotopic (exact) mass is 282 g/mol. The van der Waals surface area contributed by atoms with E-state index >= 15 is 0 Å². The van der Waals surface area contributed by atoms with Crippen LogP contribution in [0.5, 0.6) is 0 Å². The van der Waals surface area contributed by atoms with E-state index in [2.05, 4.69) is 55.6 Å². The smallest absolute Gasteiger partial charge is 0.0519 e. The molecule has 0 unspecified atom stereocenters. The van der Waals surface area contributed by atoms with E-state index in [1.54, 1.807) is 0 Å². The third-order valence-corrected chi connectivity index (χ3v) is 3.51. The minimum absolute atomic E-state index is 0. The van der Waals surface area contributed by atoms with Gasteiger partial charge in [-0.15, -0.1) is 0 Å². The molecule has 1 rings (SSSR count). The van der Waals surface area contributed by atoms with E-state index in [4.69, 9.17) is 0 Å². The largest absolute Gasteiger partial charge is 0.312 e. The molecule has 3 heteroatoms. The van der Waals surface area contributed by atoms with E-state index in [9.17, 15) is 0 Å². The summed E-state index contributed by atoms with van der Waals surface area (Å²) in [6.07, 6.45) is 9.41. The highest BCUT2D eigenvalue weighted by Crippen LogP contribution is 2.16. The fraction of sp³-hybridized carbons (Fsp3) is 0.647. The Balaban J connectivity index is 0.00000361. The Morgan fingerprint density at radius 3 is 2.40 bits per heavy atom. The van der Waals surface area contributed by atoms with Crippen molar-refractivity contribution < 1.29 is 4.70 Å². The molecule has 0 radical (unpaired) electrons. The van der Waals surface area contributed by atoms with Gasteiger partial charge in [-0.2, -0.15) is 0 Å². The molecule has 0 aliphatic rings. The van der Waals surface area contributed by atoms with Crippen LogP contribution in [0.4, 0.5) is 10.4 Å².